The van der Waals surface area contributed by atoms with E-state index in [9.17, 15) is 9.18 Å². The average Bonchev–Trinajstić information content (AvgIpc) is 3.08. The summed E-state index contributed by atoms with van der Waals surface area (Å²) in [5, 5.41) is 4.06. The number of halogens is 1. The van der Waals surface area contributed by atoms with Gasteiger partial charge in [-0.1, -0.05) is 0 Å². The minimum absolute atomic E-state index is 0.00255. The Morgan fingerprint density at radius 3 is 2.83 bits per heavy atom. The van der Waals surface area contributed by atoms with Gasteiger partial charge in [0, 0.05) is 19.6 Å². The molecule has 30 heavy (non-hydrogen) atoms. The van der Waals surface area contributed by atoms with Crippen LogP contribution in [0.3, 0.4) is 0 Å². The van der Waals surface area contributed by atoms with E-state index in [1.54, 1.807) is 20.1 Å². The van der Waals surface area contributed by atoms with Crippen LogP contribution in [0.25, 0.3) is 10.2 Å². The van der Waals surface area contributed by atoms with Crippen molar-refractivity contribution in [2.45, 2.75) is 51.7 Å². The molecule has 6 nitrogen and oxygen atoms in total. The number of hydrogen-bond acceptors (Lipinski definition) is 7. The van der Waals surface area contributed by atoms with Crippen molar-refractivity contribution in [2.24, 2.45) is 0 Å². The Labute approximate surface area is 178 Å². The first-order chi connectivity index (χ1) is 14.5. The summed E-state index contributed by atoms with van der Waals surface area (Å²) in [6, 6.07) is 4.41. The number of Topliss-reactive ketones (excluding diaryl/α,β-unsaturated/α-hetero) is 1. The maximum absolute atomic E-state index is 14.0. The number of benzene rings is 1. The van der Waals surface area contributed by atoms with Crippen LogP contribution in [0.1, 0.15) is 47.8 Å². The van der Waals surface area contributed by atoms with E-state index in [1.807, 2.05) is 6.92 Å². The largest absolute Gasteiger partial charge is 0.488 e. The molecule has 2 atom stereocenters. The highest BCUT2D eigenvalue weighted by Gasteiger charge is 2.24. The molecule has 0 saturated heterocycles. The Kier molecular flexibility index (Phi) is 5.97. The number of carbonyl (C=O) groups excluding carboxylic acids is 1. The second kappa shape index (κ2) is 8.65. The highest BCUT2D eigenvalue weighted by Crippen LogP contribution is 2.37. The predicted octanol–water partition coefficient (Wildman–Crippen LogP) is 5.42. The molecule has 0 bridgehead atoms. The number of nitrogens with zero attached hydrogens (tertiary/aromatic N) is 2. The number of aromatic nitrogens is 2. The smallest absolute Gasteiger partial charge is 0.170 e. The standard InChI is InChI=1S/C22H24FN3O3S/c1-12-19-21(24-11-25-22(19)30-20(12)13(2)27)26-17-8-7-14(23)9-18(17)29-16-6-4-5-15(10-16)28-3/h7-9,11,15-16H,4-6,10H2,1-3H3,(H,24,25,26)/t15-,16?/m0/s1. The minimum atomic E-state index is -0.368. The summed E-state index contributed by atoms with van der Waals surface area (Å²) in [6.07, 6.45) is 5.28. The van der Waals surface area contributed by atoms with E-state index in [0.29, 0.717) is 22.1 Å². The summed E-state index contributed by atoms with van der Waals surface area (Å²) in [4.78, 5) is 22.0. The zero-order valence-electron chi connectivity index (χ0n) is 17.2. The minimum Gasteiger partial charge on any atom is -0.488 e. The number of carbonyl (C=O) groups is 1. The molecule has 3 aromatic rings. The van der Waals surface area contributed by atoms with Crippen LogP contribution in [0.4, 0.5) is 15.9 Å². The Morgan fingerprint density at radius 1 is 1.27 bits per heavy atom. The third-order valence-corrected chi connectivity index (χ3v) is 6.75. The number of nitrogens with one attached hydrogen (secondary N) is 1. The van der Waals surface area contributed by atoms with Crippen molar-refractivity contribution < 1.29 is 18.7 Å². The lowest BCUT2D eigenvalue weighted by molar-refractivity contribution is 0.0211. The van der Waals surface area contributed by atoms with Gasteiger partial charge in [-0.2, -0.15) is 0 Å². The van der Waals surface area contributed by atoms with Crippen LogP contribution in [0.15, 0.2) is 24.5 Å². The lowest BCUT2D eigenvalue weighted by Gasteiger charge is -2.29. The molecule has 158 valence electrons. The summed E-state index contributed by atoms with van der Waals surface area (Å²) in [6.45, 7) is 3.43. The van der Waals surface area contributed by atoms with E-state index in [-0.39, 0.29) is 23.8 Å². The van der Waals surface area contributed by atoms with Gasteiger partial charge >= 0.3 is 0 Å². The number of ketones is 1. The number of anilines is 2. The summed E-state index contributed by atoms with van der Waals surface area (Å²) in [5.41, 5.74) is 1.45. The molecular weight excluding hydrogens is 405 g/mol. The van der Waals surface area contributed by atoms with Gasteiger partial charge in [-0.05, 0) is 50.8 Å². The van der Waals surface area contributed by atoms with Gasteiger partial charge in [0.1, 0.15) is 34.6 Å². The molecule has 8 heteroatoms. The van der Waals surface area contributed by atoms with Crippen molar-refractivity contribution in [3.8, 4) is 5.75 Å². The number of hydrogen-bond donors (Lipinski definition) is 1. The van der Waals surface area contributed by atoms with Crippen LogP contribution in [-0.2, 0) is 4.74 Å². The number of methoxy groups -OCH3 is 1. The quantitative estimate of drug-likeness (QED) is 0.528. The third kappa shape index (κ3) is 4.15. The van der Waals surface area contributed by atoms with E-state index in [4.69, 9.17) is 9.47 Å². The van der Waals surface area contributed by atoms with E-state index < -0.39 is 0 Å². The summed E-state index contributed by atoms with van der Waals surface area (Å²) in [5.74, 6) is 0.629. The highest BCUT2D eigenvalue weighted by atomic mass is 32.1. The molecule has 0 aliphatic heterocycles. The SMILES string of the molecule is CO[C@H]1CCCC(Oc2cc(F)ccc2Nc2ncnc3sc(C(C)=O)c(C)c23)C1. The van der Waals surface area contributed by atoms with Crippen molar-refractivity contribution in [1.29, 1.82) is 0 Å². The lowest BCUT2D eigenvalue weighted by atomic mass is 9.95. The molecule has 4 rings (SSSR count). The van der Waals surface area contributed by atoms with Crippen LogP contribution >= 0.6 is 11.3 Å². The Bertz CT molecular complexity index is 1080. The molecule has 1 saturated carbocycles. The van der Waals surface area contributed by atoms with Crippen LogP contribution < -0.4 is 10.1 Å². The topological polar surface area (TPSA) is 73.3 Å². The maximum Gasteiger partial charge on any atom is 0.170 e. The van der Waals surface area contributed by atoms with Gasteiger partial charge in [0.05, 0.1) is 22.1 Å². The molecule has 1 aliphatic rings. The van der Waals surface area contributed by atoms with Gasteiger partial charge in [0.25, 0.3) is 0 Å². The fraction of sp³-hybridized carbons (Fsp3) is 0.409. The van der Waals surface area contributed by atoms with Crippen molar-refractivity contribution in [3.63, 3.8) is 0 Å². The molecule has 0 amide bonds. The lowest BCUT2D eigenvalue weighted by Crippen LogP contribution is -2.29. The first kappa shape index (κ1) is 20.7. The second-order valence-corrected chi connectivity index (χ2v) is 8.54. The van der Waals surface area contributed by atoms with Gasteiger partial charge in [0.2, 0.25) is 0 Å². The maximum atomic E-state index is 14.0. The van der Waals surface area contributed by atoms with Crippen molar-refractivity contribution in [3.05, 3.63) is 40.8 Å². The van der Waals surface area contributed by atoms with Gasteiger partial charge in [-0.25, -0.2) is 14.4 Å². The number of aryl methyl sites for hydroxylation is 1. The summed E-state index contributed by atoms with van der Waals surface area (Å²) in [7, 11) is 1.71. The Balaban J connectivity index is 1.66. The average molecular weight is 430 g/mol. The zero-order valence-corrected chi connectivity index (χ0v) is 18.0. The van der Waals surface area contributed by atoms with Crippen LogP contribution in [-0.4, -0.2) is 35.1 Å². The summed E-state index contributed by atoms with van der Waals surface area (Å²) < 4.78 is 25.7. The monoisotopic (exact) mass is 429 g/mol. The molecule has 1 unspecified atom stereocenters. The van der Waals surface area contributed by atoms with Crippen LogP contribution in [0.2, 0.25) is 0 Å². The molecule has 2 heterocycles. The first-order valence-electron chi connectivity index (χ1n) is 9.97. The van der Waals surface area contributed by atoms with Gasteiger partial charge < -0.3 is 14.8 Å². The molecule has 1 fully saturated rings. The van der Waals surface area contributed by atoms with Crippen LogP contribution in [0.5, 0.6) is 5.75 Å². The highest BCUT2D eigenvalue weighted by molar-refractivity contribution is 7.20. The number of fused-ring (bicyclic) bond motifs is 1. The Hall–Kier alpha value is -2.58. The fourth-order valence-electron chi connectivity index (χ4n) is 3.93. The number of rotatable bonds is 6. The molecule has 0 radical (unpaired) electrons. The summed E-state index contributed by atoms with van der Waals surface area (Å²) >= 11 is 1.35. The van der Waals surface area contributed by atoms with Crippen molar-refractivity contribution in [2.75, 3.05) is 12.4 Å². The third-order valence-electron chi connectivity index (χ3n) is 5.45. The number of thiophene rings is 1. The molecule has 0 spiro atoms. The van der Waals surface area contributed by atoms with Gasteiger partial charge in [0.15, 0.2) is 5.78 Å². The number of ether oxygens (including phenoxy) is 2. The van der Waals surface area contributed by atoms with Crippen molar-refractivity contribution >= 4 is 38.8 Å². The van der Waals surface area contributed by atoms with E-state index in [2.05, 4.69) is 15.3 Å². The molecular formula is C22H24FN3O3S. The predicted molar refractivity (Wildman–Crippen MR) is 116 cm³/mol. The van der Waals surface area contributed by atoms with E-state index in [1.165, 1.54) is 29.8 Å². The van der Waals surface area contributed by atoms with Crippen LogP contribution in [0, 0.1) is 12.7 Å². The van der Waals surface area contributed by atoms with E-state index >= 15 is 0 Å². The molecule has 2 aromatic heterocycles. The zero-order chi connectivity index (χ0) is 21.3. The van der Waals surface area contributed by atoms with Crippen molar-refractivity contribution in [1.82, 2.24) is 9.97 Å². The Morgan fingerprint density at radius 2 is 2.07 bits per heavy atom. The first-order valence-corrected chi connectivity index (χ1v) is 10.8. The molecule has 1 N–H and O–H groups in total. The molecule has 1 aliphatic carbocycles. The molecule has 1 aromatic carbocycles. The fourth-order valence-corrected chi connectivity index (χ4v) is 4.97. The van der Waals surface area contributed by atoms with E-state index in [0.717, 1.165) is 41.5 Å². The normalized spacial score (nSPS) is 19.1. The second-order valence-electron chi connectivity index (χ2n) is 7.54. The van der Waals surface area contributed by atoms with Gasteiger partial charge in [-0.3, -0.25) is 4.79 Å². The van der Waals surface area contributed by atoms with Gasteiger partial charge in [-0.15, -0.1) is 11.3 Å².